The summed E-state index contributed by atoms with van der Waals surface area (Å²) in [6.07, 6.45) is 0.532. The Bertz CT molecular complexity index is 221. The Kier molecular flexibility index (Phi) is 14.8. The normalized spacial score (nSPS) is 10.8. The standard InChI is InChI=1S/C13H26N2O4/c1-16-8-6-15(5-3-4-14)7-9-18-12-13-19-11-10-17-2/h3,5-13H2,1-2H3. The molecule has 0 rings (SSSR count). The van der Waals surface area contributed by atoms with Gasteiger partial charge in [0.2, 0.25) is 0 Å². The van der Waals surface area contributed by atoms with Crippen LogP contribution < -0.4 is 0 Å². The lowest BCUT2D eigenvalue weighted by Gasteiger charge is -2.20. The molecule has 0 aromatic heterocycles. The van der Waals surface area contributed by atoms with Crippen molar-refractivity contribution in [3.05, 3.63) is 0 Å². The highest BCUT2D eigenvalue weighted by atomic mass is 16.5. The van der Waals surface area contributed by atoms with E-state index in [4.69, 9.17) is 24.2 Å². The van der Waals surface area contributed by atoms with Gasteiger partial charge in [-0.1, -0.05) is 0 Å². The molecule has 0 amide bonds. The molecule has 0 aromatic rings. The zero-order valence-electron chi connectivity index (χ0n) is 12.1. The number of rotatable bonds is 14. The molecule has 0 aromatic carbocycles. The molecule has 0 radical (unpaired) electrons. The van der Waals surface area contributed by atoms with Crippen LogP contribution in [-0.2, 0) is 18.9 Å². The van der Waals surface area contributed by atoms with Gasteiger partial charge in [-0.15, -0.1) is 0 Å². The highest BCUT2D eigenvalue weighted by Gasteiger charge is 2.03. The van der Waals surface area contributed by atoms with Gasteiger partial charge in [0.05, 0.1) is 45.7 Å². The van der Waals surface area contributed by atoms with Crippen molar-refractivity contribution in [3.8, 4) is 6.07 Å². The van der Waals surface area contributed by atoms with Crippen molar-refractivity contribution in [2.45, 2.75) is 6.42 Å². The Morgan fingerprint density at radius 1 is 0.789 bits per heavy atom. The van der Waals surface area contributed by atoms with Gasteiger partial charge < -0.3 is 18.9 Å². The molecule has 0 heterocycles. The Morgan fingerprint density at radius 3 is 2.00 bits per heavy atom. The summed E-state index contributed by atoms with van der Waals surface area (Å²) in [6.45, 7) is 6.08. The SMILES string of the molecule is COCCOCCOCCN(CCC#N)CCOC. The van der Waals surface area contributed by atoms with Crippen LogP contribution in [0.2, 0.25) is 0 Å². The van der Waals surface area contributed by atoms with Crippen LogP contribution >= 0.6 is 0 Å². The van der Waals surface area contributed by atoms with E-state index in [0.29, 0.717) is 46.1 Å². The van der Waals surface area contributed by atoms with E-state index in [9.17, 15) is 0 Å². The zero-order chi connectivity index (χ0) is 14.2. The first-order chi connectivity index (χ1) is 9.35. The fourth-order valence-corrected chi connectivity index (χ4v) is 1.42. The Morgan fingerprint density at radius 2 is 1.37 bits per heavy atom. The summed E-state index contributed by atoms with van der Waals surface area (Å²) < 4.78 is 20.7. The monoisotopic (exact) mass is 274 g/mol. The Hall–Kier alpha value is -0.710. The van der Waals surface area contributed by atoms with E-state index in [1.165, 1.54) is 0 Å². The number of methoxy groups -OCH3 is 2. The van der Waals surface area contributed by atoms with Crippen molar-refractivity contribution in [2.75, 3.05) is 73.5 Å². The molecule has 0 N–H and O–H groups in total. The number of hydrogen-bond donors (Lipinski definition) is 0. The summed E-state index contributed by atoms with van der Waals surface area (Å²) >= 11 is 0. The third-order valence-electron chi connectivity index (χ3n) is 2.51. The van der Waals surface area contributed by atoms with Crippen LogP contribution in [-0.4, -0.2) is 78.4 Å². The molecule has 6 heteroatoms. The average molecular weight is 274 g/mol. The van der Waals surface area contributed by atoms with Gasteiger partial charge in [0, 0.05) is 40.3 Å². The lowest BCUT2D eigenvalue weighted by Crippen LogP contribution is -2.32. The topological polar surface area (TPSA) is 64.0 Å². The maximum Gasteiger partial charge on any atom is 0.0701 e. The molecule has 0 spiro atoms. The second-order valence-electron chi connectivity index (χ2n) is 3.96. The molecule has 0 unspecified atom stereocenters. The van der Waals surface area contributed by atoms with E-state index in [0.717, 1.165) is 19.6 Å². The molecule has 0 aliphatic rings. The molecule has 19 heavy (non-hydrogen) atoms. The number of nitrogens with zero attached hydrogens (tertiary/aromatic N) is 2. The van der Waals surface area contributed by atoms with Crippen molar-refractivity contribution in [1.29, 1.82) is 5.26 Å². The second kappa shape index (κ2) is 15.3. The molecule has 0 aliphatic carbocycles. The summed E-state index contributed by atoms with van der Waals surface area (Å²) in [5.74, 6) is 0. The minimum Gasteiger partial charge on any atom is -0.383 e. The minimum absolute atomic E-state index is 0.532. The maximum absolute atomic E-state index is 8.59. The molecular formula is C13H26N2O4. The van der Waals surface area contributed by atoms with Crippen LogP contribution in [0.15, 0.2) is 0 Å². The molecule has 0 saturated heterocycles. The van der Waals surface area contributed by atoms with Gasteiger partial charge >= 0.3 is 0 Å². The molecule has 0 aliphatic heterocycles. The lowest BCUT2D eigenvalue weighted by molar-refractivity contribution is 0.0181. The van der Waals surface area contributed by atoms with Crippen LogP contribution in [0, 0.1) is 11.3 Å². The summed E-state index contributed by atoms with van der Waals surface area (Å²) in [5, 5.41) is 8.59. The lowest BCUT2D eigenvalue weighted by atomic mass is 10.4. The number of ether oxygens (including phenoxy) is 4. The van der Waals surface area contributed by atoms with Crippen molar-refractivity contribution in [1.82, 2.24) is 4.90 Å². The van der Waals surface area contributed by atoms with Crippen LogP contribution in [0.4, 0.5) is 0 Å². The van der Waals surface area contributed by atoms with E-state index in [1.54, 1.807) is 14.2 Å². The van der Waals surface area contributed by atoms with Gasteiger partial charge in [-0.25, -0.2) is 0 Å². The summed E-state index contributed by atoms with van der Waals surface area (Å²) in [4.78, 5) is 2.17. The third-order valence-corrected chi connectivity index (χ3v) is 2.51. The fraction of sp³-hybridized carbons (Fsp3) is 0.923. The number of nitriles is 1. The first-order valence-corrected chi connectivity index (χ1v) is 6.57. The third kappa shape index (κ3) is 13.5. The van der Waals surface area contributed by atoms with E-state index >= 15 is 0 Å². The van der Waals surface area contributed by atoms with Crippen LogP contribution in [0.3, 0.4) is 0 Å². The highest BCUT2D eigenvalue weighted by molar-refractivity contribution is 4.72. The predicted octanol–water partition coefficient (Wildman–Crippen LogP) is 0.528. The molecule has 0 fully saturated rings. The zero-order valence-corrected chi connectivity index (χ0v) is 12.1. The Balaban J connectivity index is 3.43. The largest absolute Gasteiger partial charge is 0.383 e. The minimum atomic E-state index is 0.532. The average Bonchev–Trinajstić information content (AvgIpc) is 2.43. The summed E-state index contributed by atoms with van der Waals surface area (Å²) in [5.41, 5.74) is 0. The van der Waals surface area contributed by atoms with Crippen molar-refractivity contribution < 1.29 is 18.9 Å². The van der Waals surface area contributed by atoms with Gasteiger partial charge in [-0.05, 0) is 0 Å². The van der Waals surface area contributed by atoms with Crippen molar-refractivity contribution in [3.63, 3.8) is 0 Å². The van der Waals surface area contributed by atoms with Crippen molar-refractivity contribution in [2.24, 2.45) is 0 Å². The fourth-order valence-electron chi connectivity index (χ4n) is 1.42. The van der Waals surface area contributed by atoms with Gasteiger partial charge in [0.1, 0.15) is 0 Å². The van der Waals surface area contributed by atoms with E-state index in [1.807, 2.05) is 0 Å². The second-order valence-corrected chi connectivity index (χ2v) is 3.96. The van der Waals surface area contributed by atoms with Crippen LogP contribution in [0.1, 0.15) is 6.42 Å². The van der Waals surface area contributed by atoms with E-state index in [2.05, 4.69) is 11.0 Å². The van der Waals surface area contributed by atoms with Gasteiger partial charge in [0.25, 0.3) is 0 Å². The van der Waals surface area contributed by atoms with Crippen LogP contribution in [0.25, 0.3) is 0 Å². The van der Waals surface area contributed by atoms with Gasteiger partial charge in [-0.3, -0.25) is 4.90 Å². The van der Waals surface area contributed by atoms with Crippen LogP contribution in [0.5, 0.6) is 0 Å². The van der Waals surface area contributed by atoms with Gasteiger partial charge in [-0.2, -0.15) is 5.26 Å². The molecule has 0 bridgehead atoms. The summed E-state index contributed by atoms with van der Waals surface area (Å²) in [6, 6.07) is 2.15. The summed E-state index contributed by atoms with van der Waals surface area (Å²) in [7, 11) is 3.33. The molecule has 0 atom stereocenters. The molecule has 112 valence electrons. The van der Waals surface area contributed by atoms with E-state index < -0.39 is 0 Å². The molecular weight excluding hydrogens is 248 g/mol. The first-order valence-electron chi connectivity index (χ1n) is 6.57. The smallest absolute Gasteiger partial charge is 0.0701 e. The highest BCUT2D eigenvalue weighted by Crippen LogP contribution is 1.92. The number of hydrogen-bond acceptors (Lipinski definition) is 6. The maximum atomic E-state index is 8.59. The predicted molar refractivity (Wildman–Crippen MR) is 72.1 cm³/mol. The molecule has 0 saturated carbocycles. The van der Waals surface area contributed by atoms with E-state index in [-0.39, 0.29) is 0 Å². The molecule has 6 nitrogen and oxygen atoms in total. The quantitative estimate of drug-likeness (QED) is 0.431. The first kappa shape index (κ1) is 18.3. The van der Waals surface area contributed by atoms with Gasteiger partial charge in [0.15, 0.2) is 0 Å². The van der Waals surface area contributed by atoms with Crippen molar-refractivity contribution >= 4 is 0 Å². The Labute approximate surface area is 116 Å².